The van der Waals surface area contributed by atoms with Crippen molar-refractivity contribution < 1.29 is 9.47 Å². The van der Waals surface area contributed by atoms with Gasteiger partial charge in [-0.25, -0.2) is 0 Å². The van der Waals surface area contributed by atoms with Crippen LogP contribution in [-0.2, 0) is 9.47 Å². The molecule has 0 fully saturated rings. The van der Waals surface area contributed by atoms with Crippen LogP contribution in [0.1, 0.15) is 39.5 Å². The quantitative estimate of drug-likeness (QED) is 0.437. The van der Waals surface area contributed by atoms with Crippen LogP contribution >= 0.6 is 0 Å². The highest BCUT2D eigenvalue weighted by atomic mass is 16.5. The maximum absolute atomic E-state index is 4.90. The molecule has 0 aromatic rings. The number of hydrogen-bond donors (Lipinski definition) is 0. The molecule has 0 rings (SSSR count). The molecule has 0 aliphatic rings. The van der Waals surface area contributed by atoms with Crippen molar-refractivity contribution in [1.82, 2.24) is 0 Å². The van der Waals surface area contributed by atoms with Gasteiger partial charge in [-0.3, -0.25) is 0 Å². The van der Waals surface area contributed by atoms with Crippen molar-refractivity contribution >= 4 is 0 Å². The fraction of sp³-hybridized carbons (Fsp3) is 0.667. The van der Waals surface area contributed by atoms with E-state index in [1.165, 1.54) is 25.4 Å². The Bertz CT molecular complexity index is 96.9. The molecule has 14 heavy (non-hydrogen) atoms. The first-order valence-corrected chi connectivity index (χ1v) is 5.28. The second-order valence-corrected chi connectivity index (χ2v) is 2.78. The van der Waals surface area contributed by atoms with E-state index in [0.717, 1.165) is 26.1 Å². The van der Waals surface area contributed by atoms with E-state index >= 15 is 0 Å². The Balaban J connectivity index is 0. The van der Waals surface area contributed by atoms with Crippen LogP contribution in [0.5, 0.6) is 0 Å². The molecule has 0 aromatic heterocycles. The molecule has 0 radical (unpaired) electrons. The summed E-state index contributed by atoms with van der Waals surface area (Å²) in [6, 6.07) is 0. The summed E-state index contributed by atoms with van der Waals surface area (Å²) in [7, 11) is 0. The molecule has 2 nitrogen and oxygen atoms in total. The standard InChI is InChI=1S/C8H14O2.C4H10/c1-3-9-7-5-6-8-10-4-2;1-3-4-2/h3-4H,1-2,5-8H2;3-4H2,1-2H3. The molecule has 0 heterocycles. The third-order valence-corrected chi connectivity index (χ3v) is 1.51. The van der Waals surface area contributed by atoms with Crippen LogP contribution in [0.25, 0.3) is 0 Å². The van der Waals surface area contributed by atoms with Gasteiger partial charge in [-0.1, -0.05) is 39.8 Å². The summed E-state index contributed by atoms with van der Waals surface area (Å²) in [6.07, 6.45) is 7.54. The largest absolute Gasteiger partial charge is 0.502 e. The van der Waals surface area contributed by atoms with Gasteiger partial charge in [0.05, 0.1) is 25.7 Å². The Kier molecular flexibility index (Phi) is 20.0. The predicted molar refractivity (Wildman–Crippen MR) is 62.1 cm³/mol. The average Bonchev–Trinajstić information content (AvgIpc) is 2.24. The molecule has 0 aliphatic heterocycles. The lowest BCUT2D eigenvalue weighted by Crippen LogP contribution is -1.91. The zero-order valence-corrected chi connectivity index (χ0v) is 9.63. The molecule has 0 saturated carbocycles. The van der Waals surface area contributed by atoms with E-state index in [2.05, 4.69) is 27.0 Å². The van der Waals surface area contributed by atoms with Gasteiger partial charge in [-0.2, -0.15) is 0 Å². The summed E-state index contributed by atoms with van der Waals surface area (Å²) in [4.78, 5) is 0. The Labute approximate surface area is 88.6 Å². The molecule has 84 valence electrons. The van der Waals surface area contributed by atoms with Crippen LogP contribution in [0.4, 0.5) is 0 Å². The molecule has 0 saturated heterocycles. The molecule has 0 unspecified atom stereocenters. The number of rotatable bonds is 8. The van der Waals surface area contributed by atoms with E-state index in [0.29, 0.717) is 0 Å². The lowest BCUT2D eigenvalue weighted by molar-refractivity contribution is 0.206. The zero-order valence-electron chi connectivity index (χ0n) is 9.63. The SMILES string of the molecule is C=COCCCCOC=C.CCCC. The van der Waals surface area contributed by atoms with Crippen molar-refractivity contribution in [3.8, 4) is 0 Å². The number of ether oxygens (including phenoxy) is 2. The molecular formula is C12H24O2. The average molecular weight is 200 g/mol. The first-order valence-electron chi connectivity index (χ1n) is 5.28. The van der Waals surface area contributed by atoms with Gasteiger partial charge in [0.1, 0.15) is 0 Å². The monoisotopic (exact) mass is 200 g/mol. The van der Waals surface area contributed by atoms with Crippen LogP contribution in [0.3, 0.4) is 0 Å². The zero-order chi connectivity index (χ0) is 11.1. The second kappa shape index (κ2) is 18.0. The van der Waals surface area contributed by atoms with Gasteiger partial charge in [-0.05, 0) is 12.8 Å². The van der Waals surface area contributed by atoms with Crippen LogP contribution in [0.15, 0.2) is 25.7 Å². The van der Waals surface area contributed by atoms with Gasteiger partial charge in [-0.15, -0.1) is 0 Å². The molecule has 0 amide bonds. The summed E-state index contributed by atoms with van der Waals surface area (Å²) in [5.74, 6) is 0. The van der Waals surface area contributed by atoms with E-state index in [1.54, 1.807) is 0 Å². The van der Waals surface area contributed by atoms with Gasteiger partial charge in [0.25, 0.3) is 0 Å². The van der Waals surface area contributed by atoms with Gasteiger partial charge in [0, 0.05) is 0 Å². The molecule has 0 atom stereocenters. The van der Waals surface area contributed by atoms with Crippen LogP contribution < -0.4 is 0 Å². The van der Waals surface area contributed by atoms with Gasteiger partial charge >= 0.3 is 0 Å². The van der Waals surface area contributed by atoms with E-state index in [4.69, 9.17) is 9.47 Å². The minimum Gasteiger partial charge on any atom is -0.502 e. The van der Waals surface area contributed by atoms with E-state index in [1.807, 2.05) is 0 Å². The molecule has 0 bridgehead atoms. The van der Waals surface area contributed by atoms with E-state index in [9.17, 15) is 0 Å². The summed E-state index contributed by atoms with van der Waals surface area (Å²) < 4.78 is 9.79. The lowest BCUT2D eigenvalue weighted by atomic mass is 10.3. The van der Waals surface area contributed by atoms with Gasteiger partial charge in [0.15, 0.2) is 0 Å². The predicted octanol–water partition coefficient (Wildman–Crippen LogP) is 3.89. The fourth-order valence-electron chi connectivity index (χ4n) is 0.537. The van der Waals surface area contributed by atoms with Gasteiger partial charge < -0.3 is 9.47 Å². The Morgan fingerprint density at radius 3 is 1.43 bits per heavy atom. The second-order valence-electron chi connectivity index (χ2n) is 2.78. The van der Waals surface area contributed by atoms with Crippen molar-refractivity contribution in [1.29, 1.82) is 0 Å². The highest BCUT2D eigenvalue weighted by Crippen LogP contribution is 1.91. The third-order valence-electron chi connectivity index (χ3n) is 1.51. The summed E-state index contributed by atoms with van der Waals surface area (Å²) in [5, 5.41) is 0. The summed E-state index contributed by atoms with van der Waals surface area (Å²) in [6.45, 7) is 12.7. The number of hydrogen-bond acceptors (Lipinski definition) is 2. The Morgan fingerprint density at radius 2 is 1.21 bits per heavy atom. The molecule has 0 aromatic carbocycles. The smallest absolute Gasteiger partial charge is 0.0874 e. The normalized spacial score (nSPS) is 8.14. The minimum absolute atomic E-state index is 0.726. The van der Waals surface area contributed by atoms with Gasteiger partial charge in [0.2, 0.25) is 0 Å². The van der Waals surface area contributed by atoms with Crippen molar-refractivity contribution in [3.05, 3.63) is 25.7 Å². The highest BCUT2D eigenvalue weighted by Gasteiger charge is 1.85. The van der Waals surface area contributed by atoms with Crippen LogP contribution in [0, 0.1) is 0 Å². The molecular weight excluding hydrogens is 176 g/mol. The van der Waals surface area contributed by atoms with Crippen molar-refractivity contribution in [2.45, 2.75) is 39.5 Å². The topological polar surface area (TPSA) is 18.5 Å². The third kappa shape index (κ3) is 22.5. The van der Waals surface area contributed by atoms with Crippen molar-refractivity contribution in [2.75, 3.05) is 13.2 Å². The summed E-state index contributed by atoms with van der Waals surface area (Å²) >= 11 is 0. The van der Waals surface area contributed by atoms with Crippen LogP contribution in [-0.4, -0.2) is 13.2 Å². The lowest BCUT2D eigenvalue weighted by Gasteiger charge is -1.99. The van der Waals surface area contributed by atoms with Crippen molar-refractivity contribution in [3.63, 3.8) is 0 Å². The Hall–Kier alpha value is -0.920. The van der Waals surface area contributed by atoms with E-state index < -0.39 is 0 Å². The highest BCUT2D eigenvalue weighted by molar-refractivity contribution is 4.51. The van der Waals surface area contributed by atoms with Crippen LogP contribution in [0.2, 0.25) is 0 Å². The Morgan fingerprint density at radius 1 is 0.857 bits per heavy atom. The first-order chi connectivity index (χ1) is 6.83. The van der Waals surface area contributed by atoms with E-state index in [-0.39, 0.29) is 0 Å². The van der Waals surface area contributed by atoms with Crippen molar-refractivity contribution in [2.24, 2.45) is 0 Å². The minimum atomic E-state index is 0.726. The maximum Gasteiger partial charge on any atom is 0.0874 e. The summed E-state index contributed by atoms with van der Waals surface area (Å²) in [5.41, 5.74) is 0. The molecule has 0 aliphatic carbocycles. The first kappa shape index (κ1) is 15.5. The number of unbranched alkanes of at least 4 members (excludes halogenated alkanes) is 2. The maximum atomic E-state index is 4.90. The molecule has 0 N–H and O–H groups in total. The molecule has 0 spiro atoms. The fourth-order valence-corrected chi connectivity index (χ4v) is 0.537. The molecule has 2 heteroatoms.